The Labute approximate surface area is 218 Å². The second kappa shape index (κ2) is 11.4. The summed E-state index contributed by atoms with van der Waals surface area (Å²) >= 11 is 1.44. The van der Waals surface area contributed by atoms with Crippen molar-refractivity contribution < 1.29 is 19.0 Å². The smallest absolute Gasteiger partial charge is 0.169 e. The predicted octanol–water partition coefficient (Wildman–Crippen LogP) is 4.74. The SMILES string of the molecule is Cn1ncc(NC(O)c2csc(-c3cccc(OCc4ccccc4)c3)n2)c1[C@@H]1CC[C@@H](N)[C@H](F)CO1. The summed E-state index contributed by atoms with van der Waals surface area (Å²) in [6.45, 7) is 0.411. The van der Waals surface area contributed by atoms with Gasteiger partial charge in [-0.05, 0) is 30.5 Å². The van der Waals surface area contributed by atoms with Crippen LogP contribution in [0.25, 0.3) is 10.6 Å². The molecule has 0 saturated carbocycles. The number of alkyl halides is 1. The monoisotopic (exact) mass is 523 g/mol. The fourth-order valence-corrected chi connectivity index (χ4v) is 5.16. The number of hydrogen-bond acceptors (Lipinski definition) is 8. The highest BCUT2D eigenvalue weighted by Crippen LogP contribution is 2.34. The minimum atomic E-state index is -1.20. The Morgan fingerprint density at radius 1 is 1.24 bits per heavy atom. The number of anilines is 1. The molecular formula is C27H30FN5O3S. The first kappa shape index (κ1) is 25.3. The quantitative estimate of drug-likeness (QED) is 0.286. The fraction of sp³-hybridized carbons (Fsp3) is 0.333. The summed E-state index contributed by atoms with van der Waals surface area (Å²) in [5.41, 5.74) is 9.70. The van der Waals surface area contributed by atoms with E-state index in [9.17, 15) is 9.50 Å². The third-order valence-electron chi connectivity index (χ3n) is 6.40. The van der Waals surface area contributed by atoms with Gasteiger partial charge in [0.1, 0.15) is 35.3 Å². The van der Waals surface area contributed by atoms with Gasteiger partial charge in [-0.25, -0.2) is 9.37 Å². The van der Waals surface area contributed by atoms with Gasteiger partial charge in [0.2, 0.25) is 0 Å². The van der Waals surface area contributed by atoms with Crippen molar-refractivity contribution in [3.05, 3.63) is 83.1 Å². The van der Waals surface area contributed by atoms with Crippen molar-refractivity contribution in [2.24, 2.45) is 12.8 Å². The molecule has 194 valence electrons. The number of halogens is 1. The second-order valence-electron chi connectivity index (χ2n) is 9.07. The van der Waals surface area contributed by atoms with E-state index in [0.717, 1.165) is 27.6 Å². The van der Waals surface area contributed by atoms with E-state index in [1.165, 1.54) is 11.3 Å². The van der Waals surface area contributed by atoms with Crippen LogP contribution in [-0.4, -0.2) is 38.7 Å². The Bertz CT molecular complexity index is 1300. The third-order valence-corrected chi connectivity index (χ3v) is 7.31. The molecule has 0 bridgehead atoms. The lowest BCUT2D eigenvalue weighted by Gasteiger charge is -2.19. The molecule has 4 N–H and O–H groups in total. The molecule has 1 saturated heterocycles. The van der Waals surface area contributed by atoms with Crippen LogP contribution in [0.2, 0.25) is 0 Å². The van der Waals surface area contributed by atoms with Gasteiger partial charge in [-0.3, -0.25) is 4.68 Å². The molecule has 2 aromatic carbocycles. The standard InChI is InChI=1S/C27H30FN5O3S/c1-33-25(24-11-10-21(29)20(28)15-36-24)22(13-30-33)31-26(34)23-16-37-27(32-23)18-8-5-9-19(12-18)35-14-17-6-3-2-4-7-17/h2-9,12-13,16,20-21,24,26,31,34H,10-11,14-15,29H2,1H3/t20-,21-,24+,26?/m1/s1. The molecule has 0 aliphatic carbocycles. The third kappa shape index (κ3) is 5.99. The maximum absolute atomic E-state index is 14.0. The first-order chi connectivity index (χ1) is 18.0. The Hall–Kier alpha value is -3.31. The summed E-state index contributed by atoms with van der Waals surface area (Å²) in [5.74, 6) is 0.746. The van der Waals surface area contributed by atoms with Crippen molar-refractivity contribution in [2.45, 2.75) is 44.0 Å². The van der Waals surface area contributed by atoms with Crippen LogP contribution < -0.4 is 15.8 Å². The molecule has 1 fully saturated rings. The van der Waals surface area contributed by atoms with Crippen LogP contribution in [0.5, 0.6) is 5.75 Å². The van der Waals surface area contributed by atoms with Crippen LogP contribution in [0, 0.1) is 0 Å². The van der Waals surface area contributed by atoms with Gasteiger partial charge in [-0.1, -0.05) is 42.5 Å². The number of rotatable bonds is 8. The maximum Gasteiger partial charge on any atom is 0.169 e. The minimum Gasteiger partial charge on any atom is -0.489 e. The summed E-state index contributed by atoms with van der Waals surface area (Å²) in [6, 6.07) is 17.2. The molecule has 5 rings (SSSR count). The average Bonchev–Trinajstić information content (AvgIpc) is 3.51. The first-order valence-corrected chi connectivity index (χ1v) is 13.1. The number of hydrogen-bond donors (Lipinski definition) is 3. The van der Waals surface area contributed by atoms with Gasteiger partial charge < -0.3 is 25.6 Å². The second-order valence-corrected chi connectivity index (χ2v) is 9.93. The van der Waals surface area contributed by atoms with Crippen LogP contribution in [0.15, 0.2) is 66.2 Å². The lowest BCUT2D eigenvalue weighted by Crippen LogP contribution is -2.32. The number of aliphatic hydroxyl groups excluding tert-OH is 1. The lowest BCUT2D eigenvalue weighted by atomic mass is 10.0. The van der Waals surface area contributed by atoms with E-state index in [4.69, 9.17) is 15.2 Å². The lowest BCUT2D eigenvalue weighted by molar-refractivity contribution is 0.0246. The van der Waals surface area contributed by atoms with E-state index < -0.39 is 18.4 Å². The van der Waals surface area contributed by atoms with E-state index in [2.05, 4.69) is 15.4 Å². The number of nitrogens with zero attached hydrogens (tertiary/aromatic N) is 3. The molecule has 1 aliphatic rings. The molecule has 4 aromatic rings. The van der Waals surface area contributed by atoms with Crippen LogP contribution in [-0.2, 0) is 18.4 Å². The van der Waals surface area contributed by atoms with Gasteiger partial charge in [0.15, 0.2) is 6.23 Å². The van der Waals surface area contributed by atoms with Crippen molar-refractivity contribution in [3.63, 3.8) is 0 Å². The van der Waals surface area contributed by atoms with Gasteiger partial charge in [-0.2, -0.15) is 5.10 Å². The van der Waals surface area contributed by atoms with Crippen LogP contribution in [0.1, 0.15) is 42.1 Å². The predicted molar refractivity (Wildman–Crippen MR) is 141 cm³/mol. The zero-order chi connectivity index (χ0) is 25.8. The van der Waals surface area contributed by atoms with Gasteiger partial charge >= 0.3 is 0 Å². The zero-order valence-electron chi connectivity index (χ0n) is 20.5. The van der Waals surface area contributed by atoms with Crippen molar-refractivity contribution in [1.82, 2.24) is 14.8 Å². The number of aryl methyl sites for hydroxylation is 1. The molecule has 3 heterocycles. The van der Waals surface area contributed by atoms with Crippen molar-refractivity contribution in [1.29, 1.82) is 0 Å². The Morgan fingerprint density at radius 3 is 2.92 bits per heavy atom. The number of nitrogens with one attached hydrogen (secondary N) is 1. The Kier molecular flexibility index (Phi) is 7.80. The first-order valence-electron chi connectivity index (χ1n) is 12.2. The molecule has 0 amide bonds. The highest BCUT2D eigenvalue weighted by atomic mass is 32.1. The number of aromatic nitrogens is 3. The van der Waals surface area contributed by atoms with Gasteiger partial charge in [-0.15, -0.1) is 11.3 Å². The number of nitrogens with two attached hydrogens (primary N) is 1. The summed E-state index contributed by atoms with van der Waals surface area (Å²) in [4.78, 5) is 4.65. The largest absolute Gasteiger partial charge is 0.489 e. The Morgan fingerprint density at radius 2 is 2.08 bits per heavy atom. The molecule has 0 radical (unpaired) electrons. The fourth-order valence-electron chi connectivity index (χ4n) is 4.32. The molecule has 0 spiro atoms. The summed E-state index contributed by atoms with van der Waals surface area (Å²) in [5, 5.41) is 20.9. The van der Waals surface area contributed by atoms with E-state index in [1.54, 1.807) is 17.9 Å². The van der Waals surface area contributed by atoms with Crippen LogP contribution >= 0.6 is 11.3 Å². The maximum atomic E-state index is 14.0. The number of benzene rings is 2. The van der Waals surface area contributed by atoms with Crippen molar-refractivity contribution in [3.8, 4) is 16.3 Å². The van der Waals surface area contributed by atoms with E-state index >= 15 is 0 Å². The Balaban J connectivity index is 1.27. The molecule has 10 heteroatoms. The number of ether oxygens (including phenoxy) is 2. The molecule has 8 nitrogen and oxygen atoms in total. The summed E-state index contributed by atoms with van der Waals surface area (Å²) in [7, 11) is 1.79. The minimum absolute atomic E-state index is 0.0669. The summed E-state index contributed by atoms with van der Waals surface area (Å²) < 4.78 is 27.5. The molecule has 1 unspecified atom stereocenters. The van der Waals surface area contributed by atoms with Crippen LogP contribution in [0.4, 0.5) is 10.1 Å². The average molecular weight is 524 g/mol. The van der Waals surface area contributed by atoms with Gasteiger partial charge in [0.25, 0.3) is 0 Å². The normalized spacial score (nSPS) is 20.8. The molecule has 4 atom stereocenters. The molecule has 2 aromatic heterocycles. The molecule has 37 heavy (non-hydrogen) atoms. The van der Waals surface area contributed by atoms with Gasteiger partial charge in [0, 0.05) is 24.0 Å². The highest BCUT2D eigenvalue weighted by Gasteiger charge is 2.30. The highest BCUT2D eigenvalue weighted by molar-refractivity contribution is 7.13. The summed E-state index contributed by atoms with van der Waals surface area (Å²) in [6.07, 6.45) is 0.0559. The topological polar surface area (TPSA) is 107 Å². The van der Waals surface area contributed by atoms with Crippen LogP contribution in [0.3, 0.4) is 0 Å². The number of thiazole rings is 1. The van der Waals surface area contributed by atoms with Crippen molar-refractivity contribution in [2.75, 3.05) is 11.9 Å². The van der Waals surface area contributed by atoms with Crippen molar-refractivity contribution >= 4 is 17.0 Å². The van der Waals surface area contributed by atoms with E-state index in [1.807, 2.05) is 60.0 Å². The zero-order valence-corrected chi connectivity index (χ0v) is 21.3. The van der Waals surface area contributed by atoms with E-state index in [-0.39, 0.29) is 12.7 Å². The number of aliphatic hydroxyl groups is 1. The molecule has 1 aliphatic heterocycles. The van der Waals surface area contributed by atoms with Gasteiger partial charge in [0.05, 0.1) is 24.2 Å². The van der Waals surface area contributed by atoms with E-state index in [0.29, 0.717) is 30.8 Å². The molecular weight excluding hydrogens is 493 g/mol.